The van der Waals surface area contributed by atoms with Gasteiger partial charge in [0.1, 0.15) is 5.75 Å². The fraction of sp³-hybridized carbons (Fsp3) is 0.450. The minimum Gasteiger partial charge on any atom is -0.434 e. The monoisotopic (exact) mass is 374 g/mol. The van der Waals surface area contributed by atoms with Crippen LogP contribution in [0.15, 0.2) is 35.9 Å². The summed E-state index contributed by atoms with van der Waals surface area (Å²) in [6.07, 6.45) is 1.74. The van der Waals surface area contributed by atoms with Crippen LogP contribution in [-0.2, 0) is 9.53 Å². The second-order valence-corrected chi connectivity index (χ2v) is 6.27. The third-order valence-electron chi connectivity index (χ3n) is 4.37. The summed E-state index contributed by atoms with van der Waals surface area (Å²) in [5.41, 5.74) is 1.55. The number of carbonyl (C=O) groups excluding carboxylic acids is 3. The van der Waals surface area contributed by atoms with E-state index in [4.69, 9.17) is 9.47 Å². The summed E-state index contributed by atoms with van der Waals surface area (Å²) in [6.45, 7) is 7.89. The van der Waals surface area contributed by atoms with Crippen molar-refractivity contribution in [1.29, 1.82) is 0 Å². The molecule has 1 aliphatic heterocycles. The summed E-state index contributed by atoms with van der Waals surface area (Å²) < 4.78 is 9.69. The van der Waals surface area contributed by atoms with Gasteiger partial charge in [0.05, 0.1) is 6.61 Å². The van der Waals surface area contributed by atoms with Crippen LogP contribution in [-0.4, -0.2) is 60.6 Å². The molecule has 0 unspecified atom stereocenters. The smallest absolute Gasteiger partial charge is 0.434 e. The van der Waals surface area contributed by atoms with E-state index in [-0.39, 0.29) is 18.4 Å². The molecule has 0 bridgehead atoms. The Bertz CT molecular complexity index is 704. The fourth-order valence-corrected chi connectivity index (χ4v) is 2.63. The van der Waals surface area contributed by atoms with Crippen molar-refractivity contribution in [3.63, 3.8) is 0 Å². The molecule has 0 N–H and O–H groups in total. The van der Waals surface area contributed by atoms with Gasteiger partial charge in [0.15, 0.2) is 0 Å². The predicted molar refractivity (Wildman–Crippen MR) is 101 cm³/mol. The fourth-order valence-electron chi connectivity index (χ4n) is 2.63. The minimum atomic E-state index is -0.773. The zero-order valence-electron chi connectivity index (χ0n) is 16.1. The van der Waals surface area contributed by atoms with Crippen molar-refractivity contribution in [2.24, 2.45) is 0 Å². The number of allylic oxidation sites excluding steroid dienone is 1. The highest BCUT2D eigenvalue weighted by atomic mass is 16.7. The number of hydrogen-bond donors (Lipinski definition) is 0. The molecular weight excluding hydrogens is 348 g/mol. The average molecular weight is 374 g/mol. The number of amides is 2. The molecule has 1 aliphatic rings. The zero-order chi connectivity index (χ0) is 19.8. The molecule has 7 nitrogen and oxygen atoms in total. The van der Waals surface area contributed by atoms with Crippen LogP contribution in [0.2, 0.25) is 0 Å². The van der Waals surface area contributed by atoms with Gasteiger partial charge >= 0.3 is 6.16 Å². The third kappa shape index (κ3) is 5.84. The van der Waals surface area contributed by atoms with Crippen LogP contribution in [0.3, 0.4) is 0 Å². The highest BCUT2D eigenvalue weighted by molar-refractivity contribution is 5.95. The Hall–Kier alpha value is -2.83. The Balaban J connectivity index is 1.90. The number of nitrogens with zero attached hydrogens (tertiary/aromatic N) is 2. The largest absolute Gasteiger partial charge is 0.513 e. The van der Waals surface area contributed by atoms with E-state index in [2.05, 4.69) is 0 Å². The molecule has 0 aliphatic carbocycles. The van der Waals surface area contributed by atoms with Crippen molar-refractivity contribution in [3.8, 4) is 5.75 Å². The topological polar surface area (TPSA) is 76.2 Å². The van der Waals surface area contributed by atoms with E-state index in [9.17, 15) is 14.4 Å². The Morgan fingerprint density at radius 2 is 1.59 bits per heavy atom. The van der Waals surface area contributed by atoms with Gasteiger partial charge in [-0.25, -0.2) is 4.79 Å². The maximum absolute atomic E-state index is 12.6. The van der Waals surface area contributed by atoms with Crippen LogP contribution < -0.4 is 4.74 Å². The van der Waals surface area contributed by atoms with Gasteiger partial charge in [-0.15, -0.1) is 0 Å². The maximum Gasteiger partial charge on any atom is 0.513 e. The molecular formula is C20H26N2O5. The molecule has 0 atom stereocenters. The zero-order valence-corrected chi connectivity index (χ0v) is 16.1. The number of hydrogen-bond acceptors (Lipinski definition) is 5. The lowest BCUT2D eigenvalue weighted by Crippen LogP contribution is -2.50. The van der Waals surface area contributed by atoms with Gasteiger partial charge in [-0.1, -0.05) is 12.5 Å². The van der Waals surface area contributed by atoms with E-state index in [0.29, 0.717) is 37.5 Å². The summed E-state index contributed by atoms with van der Waals surface area (Å²) in [6, 6.07) is 6.34. The molecule has 1 heterocycles. The van der Waals surface area contributed by atoms with Gasteiger partial charge in [0.2, 0.25) is 5.91 Å². The van der Waals surface area contributed by atoms with E-state index in [1.807, 2.05) is 13.8 Å². The number of piperazine rings is 1. The molecule has 1 saturated heterocycles. The van der Waals surface area contributed by atoms with Gasteiger partial charge in [0, 0.05) is 37.8 Å². The number of carbonyl (C=O) groups is 3. The van der Waals surface area contributed by atoms with Crippen molar-refractivity contribution in [3.05, 3.63) is 41.5 Å². The molecule has 0 aromatic heterocycles. The van der Waals surface area contributed by atoms with E-state index in [1.54, 1.807) is 47.1 Å². The van der Waals surface area contributed by atoms with E-state index in [0.717, 1.165) is 12.0 Å². The summed E-state index contributed by atoms with van der Waals surface area (Å²) in [5, 5.41) is 0. The Kier molecular flexibility index (Phi) is 7.40. The van der Waals surface area contributed by atoms with E-state index >= 15 is 0 Å². The summed E-state index contributed by atoms with van der Waals surface area (Å²) in [5.74, 6) is 0.213. The minimum absolute atomic E-state index is 0.00177. The third-order valence-corrected chi connectivity index (χ3v) is 4.37. The van der Waals surface area contributed by atoms with Crippen LogP contribution in [0.5, 0.6) is 5.75 Å². The highest BCUT2D eigenvalue weighted by Gasteiger charge is 2.24. The van der Waals surface area contributed by atoms with Crippen LogP contribution in [0.4, 0.5) is 4.79 Å². The lowest BCUT2D eigenvalue weighted by atomic mass is 10.1. The Labute approximate surface area is 159 Å². The summed E-state index contributed by atoms with van der Waals surface area (Å²) in [7, 11) is 0. The molecule has 27 heavy (non-hydrogen) atoms. The molecule has 2 amide bonds. The van der Waals surface area contributed by atoms with Crippen LogP contribution in [0.25, 0.3) is 0 Å². The van der Waals surface area contributed by atoms with Gasteiger partial charge in [-0.3, -0.25) is 9.59 Å². The Morgan fingerprint density at radius 3 is 2.15 bits per heavy atom. The summed E-state index contributed by atoms with van der Waals surface area (Å²) in [4.78, 5) is 39.6. The second-order valence-electron chi connectivity index (χ2n) is 6.27. The molecule has 1 aromatic carbocycles. The predicted octanol–water partition coefficient (Wildman–Crippen LogP) is 2.86. The van der Waals surface area contributed by atoms with Gasteiger partial charge in [0.25, 0.3) is 5.91 Å². The molecule has 0 radical (unpaired) electrons. The molecule has 0 saturated carbocycles. The first-order valence-corrected chi connectivity index (χ1v) is 9.14. The lowest BCUT2D eigenvalue weighted by molar-refractivity contribution is -0.127. The molecule has 146 valence electrons. The standard InChI is InChI=1S/C20H26N2O5/c1-4-15(3)14-18(23)21-10-12-22(13-11-21)19(24)16-6-8-17(9-7-16)27-20(25)26-5-2/h6-9,14H,4-5,10-13H2,1-3H3/b15-14+. The number of ether oxygens (including phenoxy) is 2. The quantitative estimate of drug-likeness (QED) is 0.450. The van der Waals surface area contributed by atoms with Crippen molar-refractivity contribution < 1.29 is 23.9 Å². The van der Waals surface area contributed by atoms with Crippen LogP contribution >= 0.6 is 0 Å². The van der Waals surface area contributed by atoms with E-state index in [1.165, 1.54) is 0 Å². The molecule has 7 heteroatoms. The Morgan fingerprint density at radius 1 is 1.00 bits per heavy atom. The van der Waals surface area contributed by atoms with Crippen molar-refractivity contribution >= 4 is 18.0 Å². The SMILES string of the molecule is CCOC(=O)Oc1ccc(C(=O)N2CCN(C(=O)/C=C(\C)CC)CC2)cc1. The van der Waals surface area contributed by atoms with E-state index < -0.39 is 6.16 Å². The van der Waals surface area contributed by atoms with Crippen LogP contribution in [0, 0.1) is 0 Å². The molecule has 0 spiro atoms. The summed E-state index contributed by atoms with van der Waals surface area (Å²) >= 11 is 0. The highest BCUT2D eigenvalue weighted by Crippen LogP contribution is 2.16. The van der Waals surface area contributed by atoms with Crippen molar-refractivity contribution in [1.82, 2.24) is 9.80 Å². The average Bonchev–Trinajstić information content (AvgIpc) is 2.68. The van der Waals surface area contributed by atoms with Crippen molar-refractivity contribution in [2.75, 3.05) is 32.8 Å². The number of rotatable bonds is 5. The second kappa shape index (κ2) is 9.75. The first kappa shape index (κ1) is 20.5. The van der Waals surface area contributed by atoms with Gasteiger partial charge < -0.3 is 19.3 Å². The van der Waals surface area contributed by atoms with Gasteiger partial charge in [-0.05, 0) is 44.5 Å². The van der Waals surface area contributed by atoms with Gasteiger partial charge in [-0.2, -0.15) is 0 Å². The molecule has 1 fully saturated rings. The molecule has 1 aromatic rings. The molecule has 2 rings (SSSR count). The normalized spacial score (nSPS) is 14.7. The number of benzene rings is 1. The van der Waals surface area contributed by atoms with Crippen LogP contribution in [0.1, 0.15) is 37.6 Å². The maximum atomic E-state index is 12.6. The first-order chi connectivity index (χ1) is 12.9. The lowest BCUT2D eigenvalue weighted by Gasteiger charge is -2.34. The van der Waals surface area contributed by atoms with Crippen molar-refractivity contribution in [2.45, 2.75) is 27.2 Å². The first-order valence-electron chi connectivity index (χ1n) is 9.14.